The van der Waals surface area contributed by atoms with Crippen molar-refractivity contribution in [2.75, 3.05) is 13.7 Å². The van der Waals surface area contributed by atoms with Gasteiger partial charge in [-0.25, -0.2) is 0 Å². The third kappa shape index (κ3) is 5.44. The highest BCUT2D eigenvalue weighted by atomic mass is 16.7. The summed E-state index contributed by atoms with van der Waals surface area (Å²) in [5.74, 6) is -4.69. The number of Topliss-reactive ketones (excluding diaryl/α,β-unsaturated/α-hetero) is 1. The number of hydrogen-bond acceptors (Lipinski definition) is 13. The second-order valence-corrected chi connectivity index (χ2v) is 12.4. The highest BCUT2D eigenvalue weighted by Gasteiger charge is 2.50. The van der Waals surface area contributed by atoms with Gasteiger partial charge in [-0.05, 0) is 18.9 Å². The van der Waals surface area contributed by atoms with Crippen LogP contribution in [0.4, 0.5) is 0 Å². The third-order valence-electron chi connectivity index (χ3n) is 9.11. The van der Waals surface area contributed by atoms with Gasteiger partial charge in [0.25, 0.3) is 0 Å². The first-order valence-corrected chi connectivity index (χ1v) is 14.9. The Bertz CT molecular complexity index is 1610. The van der Waals surface area contributed by atoms with Crippen LogP contribution in [0, 0.1) is 5.92 Å². The van der Waals surface area contributed by atoms with E-state index in [1.54, 1.807) is 13.8 Å². The van der Waals surface area contributed by atoms with Gasteiger partial charge >= 0.3 is 0 Å². The molecule has 0 radical (unpaired) electrons. The van der Waals surface area contributed by atoms with E-state index in [2.05, 4.69) is 5.32 Å². The first-order chi connectivity index (χ1) is 21.6. The van der Waals surface area contributed by atoms with E-state index in [0.29, 0.717) is 0 Å². The average Bonchev–Trinajstić information content (AvgIpc) is 3.02. The summed E-state index contributed by atoms with van der Waals surface area (Å²) in [5.41, 5.74) is 2.03. The van der Waals surface area contributed by atoms with Gasteiger partial charge in [-0.3, -0.25) is 19.2 Å². The Balaban J connectivity index is 1.59. The normalized spacial score (nSPS) is 27.8. The van der Waals surface area contributed by atoms with Crippen LogP contribution in [0.25, 0.3) is 0 Å². The van der Waals surface area contributed by atoms with Crippen LogP contribution in [0.1, 0.15) is 82.7 Å². The molecule has 0 aromatic heterocycles. The molecule has 2 aliphatic carbocycles. The van der Waals surface area contributed by atoms with Crippen LogP contribution in [0.3, 0.4) is 0 Å². The molecule has 8 N–H and O–H groups in total. The Hall–Kier alpha value is -3.92. The van der Waals surface area contributed by atoms with Crippen LogP contribution in [0.2, 0.25) is 0 Å². The van der Waals surface area contributed by atoms with Crippen LogP contribution < -0.4 is 15.8 Å². The molecular weight excluding hydrogens is 604 g/mol. The molecule has 46 heavy (non-hydrogen) atoms. The van der Waals surface area contributed by atoms with E-state index in [1.165, 1.54) is 32.2 Å². The number of carbonyl (C=O) groups excluding carboxylic acids is 4. The van der Waals surface area contributed by atoms with E-state index in [1.807, 2.05) is 0 Å². The van der Waals surface area contributed by atoms with Gasteiger partial charge in [-0.2, -0.15) is 0 Å². The second kappa shape index (κ2) is 12.4. The minimum atomic E-state index is -2.31. The smallest absolute Gasteiger partial charge is 0.237 e. The predicted octanol–water partition coefficient (Wildman–Crippen LogP) is 0.142. The van der Waals surface area contributed by atoms with Crippen molar-refractivity contribution >= 4 is 23.3 Å². The maximum Gasteiger partial charge on any atom is 0.237 e. The molecular formula is C32H38N2O12. The van der Waals surface area contributed by atoms with E-state index in [4.69, 9.17) is 19.9 Å². The van der Waals surface area contributed by atoms with Crippen molar-refractivity contribution in [2.24, 2.45) is 11.7 Å². The maximum atomic E-state index is 13.8. The van der Waals surface area contributed by atoms with Gasteiger partial charge in [0.2, 0.25) is 11.7 Å². The number of aliphatic hydroxyl groups is 3. The van der Waals surface area contributed by atoms with Gasteiger partial charge in [0.05, 0.1) is 48.1 Å². The van der Waals surface area contributed by atoms with Crippen molar-refractivity contribution < 1.29 is 58.9 Å². The molecule has 14 nitrogen and oxygen atoms in total. The molecule has 2 aromatic rings. The molecule has 1 fully saturated rings. The Kier molecular flexibility index (Phi) is 8.98. The minimum absolute atomic E-state index is 0.0715. The number of aromatic hydroxyl groups is 2. The van der Waals surface area contributed by atoms with Crippen molar-refractivity contribution in [3.8, 4) is 17.2 Å². The molecule has 2 aromatic carbocycles. The number of phenolic OH excluding ortho intramolecular Hbond substituents is 2. The van der Waals surface area contributed by atoms with Crippen molar-refractivity contribution in [3.05, 3.63) is 51.6 Å². The fourth-order valence-corrected chi connectivity index (χ4v) is 6.44. The van der Waals surface area contributed by atoms with Crippen LogP contribution in [-0.2, 0) is 25.5 Å². The zero-order valence-electron chi connectivity index (χ0n) is 25.8. The number of aliphatic hydroxyl groups excluding tert-OH is 2. The lowest BCUT2D eigenvalue weighted by atomic mass is 9.72. The van der Waals surface area contributed by atoms with Crippen LogP contribution >= 0.6 is 0 Å². The third-order valence-corrected chi connectivity index (χ3v) is 9.11. The van der Waals surface area contributed by atoms with Gasteiger partial charge < -0.3 is 50.8 Å². The summed E-state index contributed by atoms with van der Waals surface area (Å²) in [5, 5.41) is 57.7. The number of fused-ring (bicyclic) bond motifs is 3. The molecule has 0 spiro atoms. The fourth-order valence-electron chi connectivity index (χ4n) is 6.44. The number of ether oxygens (including phenoxy) is 3. The van der Waals surface area contributed by atoms with Gasteiger partial charge in [0, 0.05) is 36.0 Å². The number of nitrogens with two attached hydrogens (primary N) is 1. The number of ketones is 3. The van der Waals surface area contributed by atoms with Gasteiger partial charge in [-0.1, -0.05) is 26.0 Å². The summed E-state index contributed by atoms with van der Waals surface area (Å²) in [4.78, 5) is 53.0. The lowest BCUT2D eigenvalue weighted by molar-refractivity contribution is -0.249. The second-order valence-electron chi connectivity index (χ2n) is 12.4. The molecule has 5 rings (SSSR count). The molecule has 1 saturated heterocycles. The average molecular weight is 643 g/mol. The van der Waals surface area contributed by atoms with Crippen molar-refractivity contribution in [3.63, 3.8) is 0 Å². The van der Waals surface area contributed by atoms with Gasteiger partial charge in [0.1, 0.15) is 35.6 Å². The van der Waals surface area contributed by atoms with E-state index in [0.717, 1.165) is 0 Å². The first-order valence-electron chi connectivity index (χ1n) is 14.9. The van der Waals surface area contributed by atoms with Crippen molar-refractivity contribution in [1.82, 2.24) is 5.32 Å². The zero-order valence-corrected chi connectivity index (χ0v) is 25.8. The lowest BCUT2D eigenvalue weighted by Crippen LogP contribution is -2.58. The summed E-state index contributed by atoms with van der Waals surface area (Å²) in [6.07, 6.45) is -5.97. The Morgan fingerprint density at radius 3 is 2.43 bits per heavy atom. The number of carbonyl (C=O) groups is 4. The number of hydrogen-bond donors (Lipinski definition) is 7. The van der Waals surface area contributed by atoms with E-state index in [-0.39, 0.29) is 40.3 Å². The maximum absolute atomic E-state index is 13.8. The first kappa shape index (κ1) is 33.4. The highest BCUT2D eigenvalue weighted by molar-refractivity contribution is 6.31. The number of rotatable bonds is 8. The largest absolute Gasteiger partial charge is 0.507 e. The van der Waals surface area contributed by atoms with Crippen molar-refractivity contribution in [1.29, 1.82) is 0 Å². The number of nitrogens with one attached hydrogen (secondary N) is 1. The predicted molar refractivity (Wildman–Crippen MR) is 159 cm³/mol. The highest BCUT2D eigenvalue weighted by Crippen LogP contribution is 2.52. The fraction of sp³-hybridized carbons (Fsp3) is 0.500. The van der Waals surface area contributed by atoms with Crippen LogP contribution in [0.5, 0.6) is 17.2 Å². The molecule has 7 atom stereocenters. The monoisotopic (exact) mass is 642 g/mol. The summed E-state index contributed by atoms with van der Waals surface area (Å²) in [6, 6.07) is 2.58. The lowest BCUT2D eigenvalue weighted by Gasteiger charge is -2.43. The zero-order chi connectivity index (χ0) is 33.8. The van der Waals surface area contributed by atoms with Gasteiger partial charge in [-0.15, -0.1) is 0 Å². The number of amides is 1. The van der Waals surface area contributed by atoms with Gasteiger partial charge in [0.15, 0.2) is 17.9 Å². The number of phenols is 2. The standard InChI is InChI=1S/C32H38N2O12/c1-12(2)25(33)31(42)34-16-8-20(45-13(3)26(16)37)46-18-10-32(43,19(36)11-35)9-15-22(18)30(41)24-23(28(15)39)27(38)14-6-5-7-17(44-4)21(14)29(24)40/h5-7,12-13,16,18,20,25-26,35,37,39,41,43H,8-11,33H2,1-4H3,(H,34,42)/t13-,16-,18-,20-,25-,26+,32-/m0/s1. The molecule has 1 heterocycles. The Morgan fingerprint density at radius 2 is 1.80 bits per heavy atom. The molecule has 0 bridgehead atoms. The van der Waals surface area contributed by atoms with Crippen LogP contribution in [0.15, 0.2) is 18.2 Å². The number of benzene rings is 2. The molecule has 3 aliphatic rings. The van der Waals surface area contributed by atoms with Crippen LogP contribution in [-0.4, -0.2) is 98.7 Å². The quantitative estimate of drug-likeness (QED) is 0.162. The molecule has 0 unspecified atom stereocenters. The summed E-state index contributed by atoms with van der Waals surface area (Å²) >= 11 is 0. The van der Waals surface area contributed by atoms with Crippen molar-refractivity contribution in [2.45, 2.75) is 82.3 Å². The minimum Gasteiger partial charge on any atom is -0.507 e. The molecule has 14 heteroatoms. The number of methoxy groups -OCH3 is 1. The Labute approximate surface area is 264 Å². The SMILES string of the molecule is COc1cccc2c1C(=O)c1c(O)c3c(c(O)c1C2=O)C[C@@](O)(C(=O)CO)C[C@@H]3O[C@H]1C[C@H](NC(=O)[C@@H](N)C(C)C)[C@H](O)[C@H](C)O1. The van der Waals surface area contributed by atoms with E-state index in [9.17, 15) is 44.7 Å². The van der Waals surface area contributed by atoms with E-state index >= 15 is 0 Å². The summed E-state index contributed by atoms with van der Waals surface area (Å²) in [6.45, 7) is 4.01. The van der Waals surface area contributed by atoms with E-state index < -0.39 is 108 Å². The molecule has 0 saturated carbocycles. The molecule has 248 valence electrons. The molecule has 1 amide bonds. The summed E-state index contributed by atoms with van der Waals surface area (Å²) < 4.78 is 17.3. The topological polar surface area (TPSA) is 235 Å². The Morgan fingerprint density at radius 1 is 1.13 bits per heavy atom. The summed E-state index contributed by atoms with van der Waals surface area (Å²) in [7, 11) is 1.31. The molecule has 1 aliphatic heterocycles.